The Kier molecular flexibility index (Phi) is 6.76. The molecule has 0 saturated heterocycles. The Balaban J connectivity index is 1.85. The van der Waals surface area contributed by atoms with E-state index in [4.69, 9.17) is 0 Å². The maximum absolute atomic E-state index is 12.9. The molecule has 1 heterocycles. The highest BCUT2D eigenvalue weighted by Gasteiger charge is 2.28. The van der Waals surface area contributed by atoms with Crippen molar-refractivity contribution in [3.8, 4) is 5.88 Å². The van der Waals surface area contributed by atoms with Crippen LogP contribution in [0.3, 0.4) is 0 Å². The van der Waals surface area contributed by atoms with Crippen LogP contribution in [-0.2, 0) is 13.1 Å². The zero-order valence-electron chi connectivity index (χ0n) is 14.0. The van der Waals surface area contributed by atoms with Crippen molar-refractivity contribution in [2.45, 2.75) is 19.3 Å². The van der Waals surface area contributed by atoms with Gasteiger partial charge in [-0.1, -0.05) is 12.1 Å². The first kappa shape index (κ1) is 19.5. The lowest BCUT2D eigenvalue weighted by Gasteiger charge is -2.13. The van der Waals surface area contributed by atoms with Gasteiger partial charge in [0.05, 0.1) is 0 Å². The molecule has 0 radical (unpaired) electrons. The van der Waals surface area contributed by atoms with Gasteiger partial charge in [0.25, 0.3) is 0 Å². The molecular weight excluding hydrogens is 352 g/mol. The number of alkyl halides is 3. The minimum Gasteiger partial charge on any atom is -0.468 e. The van der Waals surface area contributed by atoms with Gasteiger partial charge >= 0.3 is 6.18 Å². The molecule has 0 amide bonds. The van der Waals surface area contributed by atoms with Crippen LogP contribution in [0.5, 0.6) is 5.88 Å². The van der Waals surface area contributed by atoms with Gasteiger partial charge in [0.1, 0.15) is 5.82 Å². The summed E-state index contributed by atoms with van der Waals surface area (Å²) in [5, 5.41) is 6.08. The molecule has 1 aromatic carbocycles. The Morgan fingerprint density at radius 2 is 1.73 bits per heavy atom. The van der Waals surface area contributed by atoms with Crippen molar-refractivity contribution in [1.29, 1.82) is 0 Å². The Morgan fingerprint density at radius 1 is 1.08 bits per heavy atom. The lowest BCUT2D eigenvalue weighted by molar-refractivity contribution is -0.154. The van der Waals surface area contributed by atoms with E-state index in [0.717, 1.165) is 5.56 Å². The second kappa shape index (κ2) is 9.02. The van der Waals surface area contributed by atoms with Gasteiger partial charge < -0.3 is 15.4 Å². The van der Waals surface area contributed by atoms with Crippen LogP contribution < -0.4 is 15.4 Å². The number of nitrogens with one attached hydrogen (secondary N) is 2. The zero-order valence-corrected chi connectivity index (χ0v) is 14.0. The smallest absolute Gasteiger partial charge is 0.422 e. The van der Waals surface area contributed by atoms with E-state index in [1.165, 1.54) is 24.4 Å². The molecule has 0 aliphatic carbocycles. The molecule has 1 aromatic heterocycles. The van der Waals surface area contributed by atoms with Crippen molar-refractivity contribution >= 4 is 5.96 Å². The van der Waals surface area contributed by atoms with Crippen LogP contribution in [0.4, 0.5) is 17.6 Å². The van der Waals surface area contributed by atoms with Gasteiger partial charge in [-0.05, 0) is 29.3 Å². The number of nitrogens with zero attached hydrogens (tertiary/aromatic N) is 2. The SMILES string of the molecule is CN=C(NCc1ccc(F)cc1)NCc1ccnc(OCC(F)(F)F)c1. The fraction of sp³-hybridized carbons (Fsp3) is 0.294. The molecule has 2 rings (SSSR count). The summed E-state index contributed by atoms with van der Waals surface area (Å²) in [6.45, 7) is -0.637. The van der Waals surface area contributed by atoms with E-state index in [-0.39, 0.29) is 11.7 Å². The van der Waals surface area contributed by atoms with Crippen LogP contribution in [0.15, 0.2) is 47.6 Å². The Morgan fingerprint density at radius 3 is 2.35 bits per heavy atom. The molecule has 0 spiro atoms. The number of hydrogen-bond donors (Lipinski definition) is 2. The zero-order chi connectivity index (χ0) is 19.0. The molecule has 0 atom stereocenters. The second-order valence-electron chi connectivity index (χ2n) is 5.31. The van der Waals surface area contributed by atoms with E-state index in [1.807, 2.05) is 0 Å². The molecule has 0 aliphatic rings. The second-order valence-corrected chi connectivity index (χ2v) is 5.31. The highest BCUT2D eigenvalue weighted by Crippen LogP contribution is 2.17. The molecule has 2 N–H and O–H groups in total. The summed E-state index contributed by atoms with van der Waals surface area (Å²) >= 11 is 0. The fourth-order valence-corrected chi connectivity index (χ4v) is 1.99. The largest absolute Gasteiger partial charge is 0.468 e. The van der Waals surface area contributed by atoms with Crippen LogP contribution in [0, 0.1) is 5.82 Å². The lowest BCUT2D eigenvalue weighted by atomic mass is 10.2. The summed E-state index contributed by atoms with van der Waals surface area (Å²) in [6, 6.07) is 9.12. The summed E-state index contributed by atoms with van der Waals surface area (Å²) < 4.78 is 54.0. The monoisotopic (exact) mass is 370 g/mol. The van der Waals surface area contributed by atoms with Crippen molar-refractivity contribution in [3.63, 3.8) is 0 Å². The van der Waals surface area contributed by atoms with Crippen LogP contribution in [0.2, 0.25) is 0 Å². The minimum absolute atomic E-state index is 0.101. The summed E-state index contributed by atoms with van der Waals surface area (Å²) in [5.74, 6) is 0.0808. The molecule has 140 valence electrons. The van der Waals surface area contributed by atoms with E-state index < -0.39 is 12.8 Å². The standard InChI is InChI=1S/C17H18F4N4O/c1-22-16(24-9-12-2-4-14(18)5-3-12)25-10-13-6-7-23-15(8-13)26-11-17(19,20)21/h2-8H,9-11H2,1H3,(H2,22,24,25). The van der Waals surface area contributed by atoms with E-state index in [9.17, 15) is 17.6 Å². The summed E-state index contributed by atoms with van der Waals surface area (Å²) in [6.07, 6.45) is -3.04. The normalized spacial score (nSPS) is 12.0. The highest BCUT2D eigenvalue weighted by atomic mass is 19.4. The maximum Gasteiger partial charge on any atom is 0.422 e. The first-order valence-electron chi connectivity index (χ1n) is 7.69. The van der Waals surface area contributed by atoms with Gasteiger partial charge in [0, 0.05) is 32.4 Å². The number of rotatable bonds is 6. The van der Waals surface area contributed by atoms with Crippen LogP contribution in [-0.4, -0.2) is 30.8 Å². The van der Waals surface area contributed by atoms with Crippen molar-refractivity contribution in [2.24, 2.45) is 4.99 Å². The molecule has 5 nitrogen and oxygen atoms in total. The molecule has 26 heavy (non-hydrogen) atoms. The third kappa shape index (κ3) is 6.96. The number of halogens is 4. The van der Waals surface area contributed by atoms with Gasteiger partial charge in [-0.2, -0.15) is 13.2 Å². The number of aromatic nitrogens is 1. The molecule has 0 saturated carbocycles. The number of ether oxygens (including phenoxy) is 1. The Labute approximate surface area is 148 Å². The molecular formula is C17H18F4N4O. The lowest BCUT2D eigenvalue weighted by Crippen LogP contribution is -2.36. The molecule has 0 unspecified atom stereocenters. The average Bonchev–Trinajstić information content (AvgIpc) is 2.61. The van der Waals surface area contributed by atoms with E-state index >= 15 is 0 Å². The Hall–Kier alpha value is -2.84. The van der Waals surface area contributed by atoms with Crippen molar-refractivity contribution in [1.82, 2.24) is 15.6 Å². The molecule has 0 bridgehead atoms. The predicted molar refractivity (Wildman–Crippen MR) is 89.2 cm³/mol. The van der Waals surface area contributed by atoms with Gasteiger partial charge in [-0.25, -0.2) is 9.37 Å². The maximum atomic E-state index is 12.9. The fourth-order valence-electron chi connectivity index (χ4n) is 1.99. The first-order valence-corrected chi connectivity index (χ1v) is 7.69. The van der Waals surface area contributed by atoms with Gasteiger partial charge in [-0.3, -0.25) is 4.99 Å². The van der Waals surface area contributed by atoms with Crippen LogP contribution >= 0.6 is 0 Å². The van der Waals surface area contributed by atoms with Crippen molar-refractivity contribution < 1.29 is 22.3 Å². The summed E-state index contributed by atoms with van der Waals surface area (Å²) in [5.41, 5.74) is 1.56. The quantitative estimate of drug-likeness (QED) is 0.466. The van der Waals surface area contributed by atoms with Crippen molar-refractivity contribution in [3.05, 3.63) is 59.5 Å². The van der Waals surface area contributed by atoms with Gasteiger partial charge in [-0.15, -0.1) is 0 Å². The highest BCUT2D eigenvalue weighted by molar-refractivity contribution is 5.79. The number of aliphatic imine (C=N–C) groups is 1. The minimum atomic E-state index is -4.41. The molecule has 0 fully saturated rings. The third-order valence-electron chi connectivity index (χ3n) is 3.24. The Bertz CT molecular complexity index is 732. The third-order valence-corrected chi connectivity index (χ3v) is 3.24. The number of benzene rings is 1. The van der Waals surface area contributed by atoms with Gasteiger partial charge in [0.2, 0.25) is 5.88 Å². The number of hydrogen-bond acceptors (Lipinski definition) is 3. The summed E-state index contributed by atoms with van der Waals surface area (Å²) in [7, 11) is 1.59. The van der Waals surface area contributed by atoms with Crippen molar-refractivity contribution in [2.75, 3.05) is 13.7 Å². The topological polar surface area (TPSA) is 58.5 Å². The number of pyridine rings is 1. The van der Waals surface area contributed by atoms with E-state index in [2.05, 4.69) is 25.3 Å². The first-order chi connectivity index (χ1) is 12.4. The summed E-state index contributed by atoms with van der Waals surface area (Å²) in [4.78, 5) is 7.80. The number of guanidine groups is 1. The predicted octanol–water partition coefficient (Wildman–Crippen LogP) is 3.03. The molecule has 9 heteroatoms. The van der Waals surface area contributed by atoms with Crippen LogP contribution in [0.25, 0.3) is 0 Å². The average molecular weight is 370 g/mol. The van der Waals surface area contributed by atoms with E-state index in [1.54, 1.807) is 25.2 Å². The molecule has 0 aliphatic heterocycles. The van der Waals surface area contributed by atoms with E-state index in [0.29, 0.717) is 24.6 Å². The van der Waals surface area contributed by atoms with Gasteiger partial charge in [0.15, 0.2) is 12.6 Å². The molecule has 2 aromatic rings. The van der Waals surface area contributed by atoms with Crippen LogP contribution in [0.1, 0.15) is 11.1 Å².